The van der Waals surface area contributed by atoms with Crippen molar-refractivity contribution in [1.82, 2.24) is 9.55 Å². The van der Waals surface area contributed by atoms with E-state index in [0.717, 1.165) is 33.7 Å². The van der Waals surface area contributed by atoms with Gasteiger partial charge in [0.2, 0.25) is 0 Å². The number of ether oxygens (including phenoxy) is 1. The summed E-state index contributed by atoms with van der Waals surface area (Å²) >= 11 is 3.57. The van der Waals surface area contributed by atoms with Crippen molar-refractivity contribution in [3.63, 3.8) is 0 Å². The summed E-state index contributed by atoms with van der Waals surface area (Å²) in [4.78, 5) is 4.45. The highest BCUT2D eigenvalue weighted by molar-refractivity contribution is 9.10. The largest absolute Gasteiger partial charge is 0.396 e. The number of fused-ring (bicyclic) bond motifs is 1. The van der Waals surface area contributed by atoms with Crippen LogP contribution in [-0.4, -0.2) is 35.9 Å². The Morgan fingerprint density at radius 2 is 2.14 bits per heavy atom. The summed E-state index contributed by atoms with van der Waals surface area (Å²) in [5.41, 5.74) is 2.00. The number of rotatable bonds is 7. The van der Waals surface area contributed by atoms with E-state index in [4.69, 9.17) is 4.74 Å². The second-order valence-corrected chi connectivity index (χ2v) is 12.9. The third-order valence-electron chi connectivity index (χ3n) is 3.39. The molecule has 1 N–H and O–H groups in total. The van der Waals surface area contributed by atoms with Gasteiger partial charge in [0, 0.05) is 43.5 Å². The second-order valence-electron chi connectivity index (χ2n) is 6.44. The van der Waals surface area contributed by atoms with E-state index in [9.17, 15) is 5.11 Å². The Bertz CT molecular complexity index is 607. The maximum Gasteiger partial charge on any atom is 0.143 e. The summed E-state index contributed by atoms with van der Waals surface area (Å²) in [6.45, 7) is 8.48. The molecule has 0 aromatic carbocycles. The fraction of sp³-hybridized carbons (Fsp3) is 0.533. The van der Waals surface area contributed by atoms with Crippen LogP contribution in [0.15, 0.2) is 22.9 Å². The molecule has 2 heterocycles. The van der Waals surface area contributed by atoms with Gasteiger partial charge in [0.15, 0.2) is 0 Å². The minimum absolute atomic E-state index is 0.136. The summed E-state index contributed by atoms with van der Waals surface area (Å²) in [7, 11) is -1.06. The molecule has 0 aliphatic heterocycles. The molecule has 0 amide bonds. The highest BCUT2D eigenvalue weighted by Gasteiger charge is 2.14. The predicted octanol–water partition coefficient (Wildman–Crippen LogP) is 3.65. The van der Waals surface area contributed by atoms with Gasteiger partial charge in [-0.2, -0.15) is 0 Å². The van der Waals surface area contributed by atoms with Crippen LogP contribution in [0, 0.1) is 0 Å². The van der Waals surface area contributed by atoms with E-state index in [-0.39, 0.29) is 6.61 Å². The monoisotopic (exact) mass is 370 g/mol. The van der Waals surface area contributed by atoms with Crippen molar-refractivity contribution in [3.8, 4) is 0 Å². The van der Waals surface area contributed by atoms with Gasteiger partial charge >= 0.3 is 0 Å². The quantitative estimate of drug-likeness (QED) is 0.597. The van der Waals surface area contributed by atoms with Crippen LogP contribution >= 0.6 is 15.9 Å². The van der Waals surface area contributed by atoms with Crippen LogP contribution in [0.1, 0.15) is 5.56 Å². The summed E-state index contributed by atoms with van der Waals surface area (Å²) < 4.78 is 8.85. The molecule has 6 heteroatoms. The third kappa shape index (κ3) is 4.39. The maximum absolute atomic E-state index is 9.21. The number of pyridine rings is 1. The molecule has 2 rings (SSSR count). The van der Waals surface area contributed by atoms with E-state index < -0.39 is 8.07 Å². The number of aromatic nitrogens is 2. The van der Waals surface area contributed by atoms with Crippen molar-refractivity contribution >= 4 is 35.0 Å². The SMILES string of the molecule is C[Si](C)(C)CCOCn1cc(CCO)c2c(Br)ccnc21. The van der Waals surface area contributed by atoms with Crippen molar-refractivity contribution < 1.29 is 9.84 Å². The molecule has 21 heavy (non-hydrogen) atoms. The Labute approximate surface area is 135 Å². The van der Waals surface area contributed by atoms with Crippen molar-refractivity contribution in [2.75, 3.05) is 13.2 Å². The molecule has 0 aliphatic carbocycles. The molecular weight excluding hydrogens is 348 g/mol. The average Bonchev–Trinajstić information content (AvgIpc) is 2.74. The smallest absolute Gasteiger partial charge is 0.143 e. The minimum Gasteiger partial charge on any atom is -0.396 e. The van der Waals surface area contributed by atoms with Gasteiger partial charge < -0.3 is 14.4 Å². The number of nitrogens with zero attached hydrogens (tertiary/aromatic N) is 2. The Morgan fingerprint density at radius 3 is 2.81 bits per heavy atom. The average molecular weight is 371 g/mol. The van der Waals surface area contributed by atoms with E-state index in [0.29, 0.717) is 13.2 Å². The van der Waals surface area contributed by atoms with Gasteiger partial charge in [-0.05, 0) is 40.0 Å². The van der Waals surface area contributed by atoms with Crippen LogP contribution in [0.5, 0.6) is 0 Å². The van der Waals surface area contributed by atoms with Crippen LogP contribution < -0.4 is 0 Å². The minimum atomic E-state index is -1.06. The Balaban J connectivity index is 2.14. The van der Waals surface area contributed by atoms with Gasteiger partial charge in [-0.1, -0.05) is 19.6 Å². The Hall–Kier alpha value is -0.693. The number of aliphatic hydroxyl groups is 1. The van der Waals surface area contributed by atoms with Crippen molar-refractivity contribution in [2.24, 2.45) is 0 Å². The molecule has 0 unspecified atom stereocenters. The highest BCUT2D eigenvalue weighted by atomic mass is 79.9. The molecule has 2 aromatic heterocycles. The summed E-state index contributed by atoms with van der Waals surface area (Å²) in [6.07, 6.45) is 4.45. The zero-order valence-corrected chi connectivity index (χ0v) is 15.5. The molecule has 0 atom stereocenters. The Morgan fingerprint density at radius 1 is 1.38 bits per heavy atom. The van der Waals surface area contributed by atoms with E-state index >= 15 is 0 Å². The molecule has 2 aromatic rings. The molecule has 0 saturated carbocycles. The molecule has 0 aliphatic rings. The van der Waals surface area contributed by atoms with Crippen molar-refractivity contribution in [3.05, 3.63) is 28.5 Å². The molecule has 0 fully saturated rings. The lowest BCUT2D eigenvalue weighted by Gasteiger charge is -2.15. The van der Waals surface area contributed by atoms with Crippen LogP contribution in [0.4, 0.5) is 0 Å². The lowest BCUT2D eigenvalue weighted by atomic mass is 10.2. The molecular formula is C15H23BrN2O2Si. The second kappa shape index (κ2) is 7.04. The molecule has 0 bridgehead atoms. The van der Waals surface area contributed by atoms with Crippen LogP contribution in [0.2, 0.25) is 25.7 Å². The van der Waals surface area contributed by atoms with Gasteiger partial charge in [-0.3, -0.25) is 0 Å². The topological polar surface area (TPSA) is 47.3 Å². The molecule has 0 radical (unpaired) electrons. The van der Waals surface area contributed by atoms with E-state index in [1.807, 2.05) is 16.8 Å². The fourth-order valence-electron chi connectivity index (χ4n) is 2.21. The predicted molar refractivity (Wildman–Crippen MR) is 92.3 cm³/mol. The molecule has 116 valence electrons. The molecule has 4 nitrogen and oxygen atoms in total. The van der Waals surface area contributed by atoms with E-state index in [2.05, 4.69) is 40.6 Å². The number of halogens is 1. The van der Waals surface area contributed by atoms with Crippen LogP contribution in [0.3, 0.4) is 0 Å². The van der Waals surface area contributed by atoms with Gasteiger partial charge in [0.05, 0.1) is 0 Å². The van der Waals surface area contributed by atoms with Crippen LogP contribution in [-0.2, 0) is 17.9 Å². The molecule has 0 spiro atoms. The third-order valence-corrected chi connectivity index (χ3v) is 5.76. The zero-order valence-electron chi connectivity index (χ0n) is 12.9. The van der Waals surface area contributed by atoms with E-state index in [1.165, 1.54) is 0 Å². The normalized spacial score (nSPS) is 12.2. The van der Waals surface area contributed by atoms with Gasteiger partial charge in [0.1, 0.15) is 12.4 Å². The number of hydrogen-bond donors (Lipinski definition) is 1. The van der Waals surface area contributed by atoms with Gasteiger partial charge in [-0.15, -0.1) is 0 Å². The number of hydrogen-bond acceptors (Lipinski definition) is 3. The molecule has 0 saturated heterocycles. The first kappa shape index (κ1) is 16.7. The maximum atomic E-state index is 9.21. The van der Waals surface area contributed by atoms with Crippen molar-refractivity contribution in [1.29, 1.82) is 0 Å². The summed E-state index contributed by atoms with van der Waals surface area (Å²) in [6, 6.07) is 3.09. The highest BCUT2D eigenvalue weighted by Crippen LogP contribution is 2.28. The first-order chi connectivity index (χ1) is 9.92. The number of aliphatic hydroxyl groups excluding tert-OH is 1. The standard InChI is InChI=1S/C15H23BrN2O2Si/c1-21(2,3)9-8-20-11-18-10-12(5-7-19)14-13(16)4-6-17-15(14)18/h4,6,10,19H,5,7-9,11H2,1-3H3. The van der Waals surface area contributed by atoms with E-state index in [1.54, 1.807) is 6.20 Å². The lowest BCUT2D eigenvalue weighted by Crippen LogP contribution is -2.22. The van der Waals surface area contributed by atoms with Crippen LogP contribution in [0.25, 0.3) is 11.0 Å². The first-order valence-electron chi connectivity index (χ1n) is 7.23. The zero-order chi connectivity index (χ0) is 15.5. The summed E-state index contributed by atoms with van der Waals surface area (Å²) in [5, 5.41) is 10.3. The fourth-order valence-corrected chi connectivity index (χ4v) is 3.51. The Kier molecular flexibility index (Phi) is 5.59. The van der Waals surface area contributed by atoms with Gasteiger partial charge in [-0.25, -0.2) is 4.98 Å². The summed E-state index contributed by atoms with van der Waals surface area (Å²) in [5.74, 6) is 0. The van der Waals surface area contributed by atoms with Crippen molar-refractivity contribution in [2.45, 2.75) is 38.8 Å². The van der Waals surface area contributed by atoms with Gasteiger partial charge in [0.25, 0.3) is 0 Å². The lowest BCUT2D eigenvalue weighted by molar-refractivity contribution is 0.0897. The first-order valence-corrected chi connectivity index (χ1v) is 11.7.